The normalized spacial score (nSPS) is 10.6. The van der Waals surface area contributed by atoms with Crippen molar-refractivity contribution < 1.29 is 9.53 Å². The first-order valence-corrected chi connectivity index (χ1v) is 12.4. The predicted molar refractivity (Wildman–Crippen MR) is 129 cm³/mol. The zero-order valence-corrected chi connectivity index (χ0v) is 20.3. The van der Waals surface area contributed by atoms with Crippen LogP contribution in [0.2, 0.25) is 0 Å². The van der Waals surface area contributed by atoms with Gasteiger partial charge in [0, 0.05) is 12.0 Å². The Hall–Kier alpha value is -1.75. The third kappa shape index (κ3) is 8.95. The van der Waals surface area contributed by atoms with Gasteiger partial charge >= 0.3 is 5.97 Å². The third-order valence-corrected chi connectivity index (χ3v) is 5.64. The molecule has 1 aromatic rings. The molecular formula is C28H44O2. The minimum absolute atomic E-state index is 0.191. The van der Waals surface area contributed by atoms with Crippen molar-refractivity contribution in [1.29, 1.82) is 0 Å². The fourth-order valence-corrected chi connectivity index (χ4v) is 3.92. The van der Waals surface area contributed by atoms with E-state index >= 15 is 0 Å². The maximum Gasteiger partial charge on any atom is 0.338 e. The Labute approximate surface area is 186 Å². The van der Waals surface area contributed by atoms with Crippen LogP contribution < -0.4 is 0 Å². The lowest BCUT2D eigenvalue weighted by Gasteiger charge is -2.18. The number of ether oxygens (including phenoxy) is 1. The van der Waals surface area contributed by atoms with Crippen molar-refractivity contribution in [3.05, 3.63) is 33.9 Å². The zero-order valence-electron chi connectivity index (χ0n) is 20.3. The van der Waals surface area contributed by atoms with Gasteiger partial charge in [-0.3, -0.25) is 0 Å². The first-order chi connectivity index (χ1) is 14.6. The Kier molecular flexibility index (Phi) is 14.0. The molecule has 1 aromatic carbocycles. The molecule has 1 rings (SSSR count). The second-order valence-corrected chi connectivity index (χ2v) is 8.33. The smallest absolute Gasteiger partial charge is 0.338 e. The van der Waals surface area contributed by atoms with Crippen LogP contribution in [0.4, 0.5) is 0 Å². The van der Waals surface area contributed by atoms with E-state index in [1.54, 1.807) is 0 Å². The molecule has 0 spiro atoms. The Bertz CT molecular complexity index is 691. The molecule has 0 N–H and O–H groups in total. The van der Waals surface area contributed by atoms with Crippen molar-refractivity contribution >= 4 is 5.97 Å². The van der Waals surface area contributed by atoms with E-state index < -0.39 is 0 Å². The van der Waals surface area contributed by atoms with Gasteiger partial charge in [0.1, 0.15) is 0 Å². The molecule has 30 heavy (non-hydrogen) atoms. The van der Waals surface area contributed by atoms with Crippen molar-refractivity contribution in [3.63, 3.8) is 0 Å². The maximum atomic E-state index is 12.8. The molecule has 0 bridgehead atoms. The minimum atomic E-state index is -0.191. The van der Waals surface area contributed by atoms with Gasteiger partial charge in [-0.25, -0.2) is 4.79 Å². The highest BCUT2D eigenvalue weighted by Gasteiger charge is 2.21. The Morgan fingerprint density at radius 1 is 0.867 bits per heavy atom. The van der Waals surface area contributed by atoms with E-state index in [-0.39, 0.29) is 5.97 Å². The quantitative estimate of drug-likeness (QED) is 0.176. The molecule has 0 radical (unpaired) electrons. The van der Waals surface area contributed by atoms with Crippen molar-refractivity contribution in [2.45, 2.75) is 118 Å². The van der Waals surface area contributed by atoms with Gasteiger partial charge in [0.05, 0.1) is 12.2 Å². The maximum absolute atomic E-state index is 12.8. The number of esters is 1. The third-order valence-electron chi connectivity index (χ3n) is 5.64. The van der Waals surface area contributed by atoms with Crippen LogP contribution in [0.3, 0.4) is 0 Å². The van der Waals surface area contributed by atoms with E-state index in [9.17, 15) is 4.79 Å². The molecule has 0 aliphatic heterocycles. The molecule has 0 heterocycles. The molecule has 0 unspecified atom stereocenters. The lowest BCUT2D eigenvalue weighted by atomic mass is 9.87. The fourth-order valence-electron chi connectivity index (χ4n) is 3.92. The Balaban J connectivity index is 3.26. The van der Waals surface area contributed by atoms with Crippen LogP contribution in [-0.4, -0.2) is 12.6 Å². The van der Waals surface area contributed by atoms with Gasteiger partial charge in [-0.2, -0.15) is 0 Å². The molecule has 0 aromatic heterocycles. The molecule has 2 nitrogen and oxygen atoms in total. The van der Waals surface area contributed by atoms with Crippen molar-refractivity contribution in [1.82, 2.24) is 0 Å². The highest BCUT2D eigenvalue weighted by Crippen LogP contribution is 2.27. The van der Waals surface area contributed by atoms with Crippen LogP contribution in [0.15, 0.2) is 6.07 Å². The summed E-state index contributed by atoms with van der Waals surface area (Å²) >= 11 is 0. The SMILES string of the molecule is CCCCC#Cc1c(CCCCCCCC)cc(C)c(C(=O)OCC)c1CCCC. The van der Waals surface area contributed by atoms with Crippen molar-refractivity contribution in [2.75, 3.05) is 6.61 Å². The van der Waals surface area contributed by atoms with Crippen LogP contribution in [-0.2, 0) is 17.6 Å². The first kappa shape index (κ1) is 26.3. The molecule has 0 saturated carbocycles. The molecular weight excluding hydrogens is 368 g/mol. The monoisotopic (exact) mass is 412 g/mol. The van der Waals surface area contributed by atoms with Gasteiger partial charge in [-0.05, 0) is 62.6 Å². The molecule has 168 valence electrons. The van der Waals surface area contributed by atoms with Gasteiger partial charge in [0.25, 0.3) is 0 Å². The second kappa shape index (κ2) is 16.0. The lowest BCUT2D eigenvalue weighted by molar-refractivity contribution is 0.0524. The van der Waals surface area contributed by atoms with E-state index in [4.69, 9.17) is 4.74 Å². The number of carbonyl (C=O) groups excluding carboxylic acids is 1. The average Bonchev–Trinajstić information content (AvgIpc) is 2.73. The number of hydrogen-bond acceptors (Lipinski definition) is 2. The zero-order chi connectivity index (χ0) is 22.2. The lowest BCUT2D eigenvalue weighted by Crippen LogP contribution is -2.14. The van der Waals surface area contributed by atoms with E-state index in [0.29, 0.717) is 6.61 Å². The molecule has 0 amide bonds. The summed E-state index contributed by atoms with van der Waals surface area (Å²) < 4.78 is 5.42. The van der Waals surface area contributed by atoms with Gasteiger partial charge in [0.15, 0.2) is 0 Å². The second-order valence-electron chi connectivity index (χ2n) is 8.33. The highest BCUT2D eigenvalue weighted by atomic mass is 16.5. The van der Waals surface area contributed by atoms with Crippen molar-refractivity contribution in [2.24, 2.45) is 0 Å². The number of benzene rings is 1. The van der Waals surface area contributed by atoms with E-state index in [1.807, 2.05) is 6.92 Å². The molecule has 0 aliphatic carbocycles. The summed E-state index contributed by atoms with van der Waals surface area (Å²) in [7, 11) is 0. The number of unbranched alkanes of at least 4 members (excludes halogenated alkanes) is 8. The van der Waals surface area contributed by atoms with Gasteiger partial charge < -0.3 is 4.74 Å². The molecule has 2 heteroatoms. The first-order valence-electron chi connectivity index (χ1n) is 12.4. The van der Waals surface area contributed by atoms with E-state index in [0.717, 1.165) is 67.2 Å². The number of carbonyl (C=O) groups is 1. The van der Waals surface area contributed by atoms with Crippen LogP contribution in [0.25, 0.3) is 0 Å². The van der Waals surface area contributed by atoms with E-state index in [1.165, 1.54) is 44.1 Å². The van der Waals surface area contributed by atoms with E-state index in [2.05, 4.69) is 45.6 Å². The Morgan fingerprint density at radius 2 is 1.53 bits per heavy atom. The number of hydrogen-bond donors (Lipinski definition) is 0. The number of aryl methyl sites for hydroxylation is 2. The molecule has 0 saturated heterocycles. The summed E-state index contributed by atoms with van der Waals surface area (Å²) in [4.78, 5) is 12.8. The standard InChI is InChI=1S/C28H44O2/c1-6-10-13-15-16-17-19-24-22-23(5)27(28(29)30-9-4)26(20-12-8-3)25(24)21-18-14-11-7-2/h22H,6-17,19-20H2,1-5H3. The van der Waals surface area contributed by atoms with Gasteiger partial charge in [-0.1, -0.05) is 83.6 Å². The largest absolute Gasteiger partial charge is 0.462 e. The summed E-state index contributed by atoms with van der Waals surface area (Å²) in [6.07, 6.45) is 15.0. The van der Waals surface area contributed by atoms with Crippen LogP contribution in [0.5, 0.6) is 0 Å². The van der Waals surface area contributed by atoms with Gasteiger partial charge in [0.2, 0.25) is 0 Å². The van der Waals surface area contributed by atoms with Crippen LogP contribution >= 0.6 is 0 Å². The average molecular weight is 413 g/mol. The molecule has 0 atom stereocenters. The summed E-state index contributed by atoms with van der Waals surface area (Å²) in [5.41, 5.74) is 5.37. The van der Waals surface area contributed by atoms with Crippen molar-refractivity contribution in [3.8, 4) is 11.8 Å². The predicted octanol–water partition coefficient (Wildman–Crippen LogP) is 7.96. The minimum Gasteiger partial charge on any atom is -0.462 e. The fraction of sp³-hybridized carbons (Fsp3) is 0.679. The van der Waals surface area contributed by atoms with Crippen LogP contribution in [0.1, 0.15) is 131 Å². The summed E-state index contributed by atoms with van der Waals surface area (Å²) in [5, 5.41) is 0. The van der Waals surface area contributed by atoms with Crippen LogP contribution in [0, 0.1) is 18.8 Å². The topological polar surface area (TPSA) is 26.3 Å². The summed E-state index contributed by atoms with van der Waals surface area (Å²) in [5.74, 6) is 6.70. The molecule has 0 fully saturated rings. The molecule has 0 aliphatic rings. The van der Waals surface area contributed by atoms with Gasteiger partial charge in [-0.15, -0.1) is 0 Å². The Morgan fingerprint density at radius 3 is 2.20 bits per heavy atom. The summed E-state index contributed by atoms with van der Waals surface area (Å²) in [6.45, 7) is 11.0. The highest BCUT2D eigenvalue weighted by molar-refractivity contribution is 5.94. The number of rotatable bonds is 14. The summed E-state index contributed by atoms with van der Waals surface area (Å²) in [6, 6.07) is 2.21.